The first kappa shape index (κ1) is 18.2. The largest absolute Gasteiger partial charge is 0.508 e. The number of nitrogens with one attached hydrogen (secondary N) is 2. The van der Waals surface area contributed by atoms with Gasteiger partial charge in [-0.1, -0.05) is 24.3 Å². The fourth-order valence-electron chi connectivity index (χ4n) is 3.14. The van der Waals surface area contributed by atoms with Gasteiger partial charge >= 0.3 is 0 Å². The van der Waals surface area contributed by atoms with E-state index in [1.807, 2.05) is 18.2 Å². The number of rotatable bonds is 5. The Balaban J connectivity index is 1.94. The van der Waals surface area contributed by atoms with Gasteiger partial charge < -0.3 is 25.4 Å². The number of nitrogens with zero attached hydrogens (tertiary/aromatic N) is 3. The molecule has 146 valence electrons. The molecule has 0 unspecified atom stereocenters. The van der Waals surface area contributed by atoms with Crippen LogP contribution in [-0.4, -0.2) is 41.0 Å². The molecule has 0 saturated carbocycles. The molecular formula is C20H17N5O4. The van der Waals surface area contributed by atoms with Crippen molar-refractivity contribution in [3.05, 3.63) is 48.5 Å². The SMILES string of the molecule is COc1ccccc1N1CC(=O)Nc2c(NC=O)nc(-c3cccc(O)c3)nc21. The molecule has 1 aliphatic rings. The molecule has 2 heterocycles. The molecule has 4 rings (SSSR count). The van der Waals surface area contributed by atoms with Gasteiger partial charge in [0, 0.05) is 5.56 Å². The number of amides is 2. The van der Waals surface area contributed by atoms with Gasteiger partial charge in [-0.2, -0.15) is 0 Å². The summed E-state index contributed by atoms with van der Waals surface area (Å²) in [5.41, 5.74) is 1.48. The van der Waals surface area contributed by atoms with E-state index in [9.17, 15) is 14.7 Å². The number of phenols is 1. The molecule has 9 nitrogen and oxygen atoms in total. The highest BCUT2D eigenvalue weighted by molar-refractivity contribution is 6.06. The number of hydrogen-bond donors (Lipinski definition) is 3. The maximum Gasteiger partial charge on any atom is 0.244 e. The normalized spacial score (nSPS) is 12.7. The van der Waals surface area contributed by atoms with E-state index >= 15 is 0 Å². The Morgan fingerprint density at radius 1 is 1.21 bits per heavy atom. The molecule has 0 saturated heterocycles. The second-order valence-corrected chi connectivity index (χ2v) is 6.21. The predicted molar refractivity (Wildman–Crippen MR) is 107 cm³/mol. The molecule has 0 spiro atoms. The highest BCUT2D eigenvalue weighted by Crippen LogP contribution is 2.41. The third kappa shape index (κ3) is 3.41. The van der Waals surface area contributed by atoms with E-state index in [1.165, 1.54) is 12.1 Å². The first-order valence-electron chi connectivity index (χ1n) is 8.72. The van der Waals surface area contributed by atoms with E-state index < -0.39 is 0 Å². The summed E-state index contributed by atoms with van der Waals surface area (Å²) < 4.78 is 5.44. The fourth-order valence-corrected chi connectivity index (χ4v) is 3.14. The lowest BCUT2D eigenvalue weighted by molar-refractivity contribution is -0.115. The van der Waals surface area contributed by atoms with E-state index in [0.29, 0.717) is 29.2 Å². The number of aromatic hydroxyl groups is 1. The molecule has 0 bridgehead atoms. The molecule has 1 aliphatic heterocycles. The van der Waals surface area contributed by atoms with Crippen LogP contribution in [0.4, 0.5) is 23.0 Å². The number of para-hydroxylation sites is 2. The Bertz CT molecular complexity index is 1100. The van der Waals surface area contributed by atoms with Gasteiger partial charge in [-0.3, -0.25) is 9.59 Å². The zero-order valence-corrected chi connectivity index (χ0v) is 15.4. The summed E-state index contributed by atoms with van der Waals surface area (Å²) in [5.74, 6) is 1.16. The van der Waals surface area contributed by atoms with Crippen molar-refractivity contribution in [2.45, 2.75) is 0 Å². The zero-order valence-electron chi connectivity index (χ0n) is 15.4. The average molecular weight is 391 g/mol. The summed E-state index contributed by atoms with van der Waals surface area (Å²) in [6, 6.07) is 13.7. The lowest BCUT2D eigenvalue weighted by atomic mass is 10.1. The van der Waals surface area contributed by atoms with Crippen LogP contribution in [0.2, 0.25) is 0 Å². The number of anilines is 4. The Kier molecular flexibility index (Phi) is 4.70. The van der Waals surface area contributed by atoms with Crippen molar-refractivity contribution in [3.8, 4) is 22.9 Å². The van der Waals surface area contributed by atoms with Gasteiger partial charge in [0.05, 0.1) is 12.8 Å². The van der Waals surface area contributed by atoms with Gasteiger partial charge in [-0.05, 0) is 24.3 Å². The summed E-state index contributed by atoms with van der Waals surface area (Å²) >= 11 is 0. The van der Waals surface area contributed by atoms with Gasteiger partial charge in [0.15, 0.2) is 17.5 Å². The summed E-state index contributed by atoms with van der Waals surface area (Å²) in [6.45, 7) is 0.00436. The van der Waals surface area contributed by atoms with Crippen LogP contribution in [0.1, 0.15) is 0 Å². The number of aromatic nitrogens is 2. The number of phenolic OH excluding ortho intramolecular Hbond substituents is 1. The van der Waals surface area contributed by atoms with Crippen molar-refractivity contribution >= 4 is 35.3 Å². The maximum absolute atomic E-state index is 12.4. The molecule has 1 aromatic heterocycles. The smallest absolute Gasteiger partial charge is 0.244 e. The van der Waals surface area contributed by atoms with E-state index in [0.717, 1.165) is 0 Å². The van der Waals surface area contributed by atoms with Crippen molar-refractivity contribution < 1.29 is 19.4 Å². The number of carbonyl (C=O) groups excluding carboxylic acids is 2. The zero-order chi connectivity index (χ0) is 20.4. The van der Waals surface area contributed by atoms with Crippen LogP contribution in [0, 0.1) is 0 Å². The summed E-state index contributed by atoms with van der Waals surface area (Å²) in [7, 11) is 1.54. The molecule has 3 N–H and O–H groups in total. The van der Waals surface area contributed by atoms with Gasteiger partial charge in [0.1, 0.15) is 23.7 Å². The lowest BCUT2D eigenvalue weighted by Gasteiger charge is -2.31. The van der Waals surface area contributed by atoms with E-state index in [2.05, 4.69) is 20.6 Å². The number of benzene rings is 2. The number of ether oxygens (including phenoxy) is 1. The molecule has 0 atom stereocenters. The molecule has 9 heteroatoms. The van der Waals surface area contributed by atoms with Gasteiger partial charge in [-0.25, -0.2) is 9.97 Å². The van der Waals surface area contributed by atoms with Crippen LogP contribution in [0.3, 0.4) is 0 Å². The van der Waals surface area contributed by atoms with Crippen molar-refractivity contribution in [1.82, 2.24) is 9.97 Å². The molecule has 2 aromatic carbocycles. The van der Waals surface area contributed by atoms with Gasteiger partial charge in [0.25, 0.3) is 0 Å². The van der Waals surface area contributed by atoms with E-state index in [-0.39, 0.29) is 35.5 Å². The Morgan fingerprint density at radius 2 is 2.03 bits per heavy atom. The van der Waals surface area contributed by atoms with Crippen LogP contribution in [0.25, 0.3) is 11.4 Å². The summed E-state index contributed by atoms with van der Waals surface area (Å²) in [4.78, 5) is 34.2. The summed E-state index contributed by atoms with van der Waals surface area (Å²) in [6.07, 6.45) is 0.475. The molecule has 29 heavy (non-hydrogen) atoms. The maximum atomic E-state index is 12.4. The first-order valence-corrected chi connectivity index (χ1v) is 8.72. The highest BCUT2D eigenvalue weighted by Gasteiger charge is 2.30. The minimum atomic E-state index is -0.286. The molecule has 0 aliphatic carbocycles. The highest BCUT2D eigenvalue weighted by atomic mass is 16.5. The Morgan fingerprint density at radius 3 is 2.79 bits per heavy atom. The molecule has 3 aromatic rings. The molecule has 2 amide bonds. The Labute approximate surface area is 166 Å². The topological polar surface area (TPSA) is 117 Å². The quantitative estimate of drug-likeness (QED) is 0.572. The average Bonchev–Trinajstić information content (AvgIpc) is 2.73. The van der Waals surface area contributed by atoms with E-state index in [1.54, 1.807) is 30.2 Å². The second-order valence-electron chi connectivity index (χ2n) is 6.21. The number of fused-ring (bicyclic) bond motifs is 1. The van der Waals surface area contributed by atoms with Crippen molar-refractivity contribution in [1.29, 1.82) is 0 Å². The first-order chi connectivity index (χ1) is 14.1. The fraction of sp³-hybridized carbons (Fsp3) is 0.100. The monoisotopic (exact) mass is 391 g/mol. The number of carbonyl (C=O) groups is 2. The standard InChI is InChI=1S/C20H17N5O4/c1-29-15-8-3-2-7-14(15)25-10-16(28)22-17-19(21-11-26)23-18(24-20(17)25)12-5-4-6-13(27)9-12/h2-9,11,27H,10H2,1H3,(H,22,28)(H,21,23,24,26). The molecule has 0 radical (unpaired) electrons. The molecule has 0 fully saturated rings. The van der Waals surface area contributed by atoms with Gasteiger partial charge in [-0.15, -0.1) is 0 Å². The van der Waals surface area contributed by atoms with Crippen LogP contribution < -0.4 is 20.3 Å². The van der Waals surface area contributed by atoms with Crippen molar-refractivity contribution in [2.24, 2.45) is 0 Å². The second kappa shape index (κ2) is 7.47. The third-order valence-electron chi connectivity index (χ3n) is 4.39. The van der Waals surface area contributed by atoms with Crippen molar-refractivity contribution in [3.63, 3.8) is 0 Å². The third-order valence-corrected chi connectivity index (χ3v) is 4.39. The minimum Gasteiger partial charge on any atom is -0.508 e. The van der Waals surface area contributed by atoms with Crippen LogP contribution in [0.15, 0.2) is 48.5 Å². The van der Waals surface area contributed by atoms with Crippen LogP contribution in [-0.2, 0) is 9.59 Å². The minimum absolute atomic E-state index is 0.00436. The predicted octanol–water partition coefficient (Wildman–Crippen LogP) is 2.52. The number of methoxy groups -OCH3 is 1. The van der Waals surface area contributed by atoms with Crippen LogP contribution >= 0.6 is 0 Å². The lowest BCUT2D eigenvalue weighted by Crippen LogP contribution is -2.36. The number of hydrogen-bond acceptors (Lipinski definition) is 7. The molecular weight excluding hydrogens is 374 g/mol. The van der Waals surface area contributed by atoms with Crippen molar-refractivity contribution in [2.75, 3.05) is 29.2 Å². The summed E-state index contributed by atoms with van der Waals surface area (Å²) in [5, 5.41) is 15.0. The van der Waals surface area contributed by atoms with Crippen LogP contribution in [0.5, 0.6) is 11.5 Å². The van der Waals surface area contributed by atoms with E-state index in [4.69, 9.17) is 4.74 Å². The Hall–Kier alpha value is -4.14. The van der Waals surface area contributed by atoms with Gasteiger partial charge in [0.2, 0.25) is 12.3 Å².